The number of hydrogen-bond donors (Lipinski definition) is 0. The largest absolute Gasteiger partial charge is 0.339 e. The topological polar surface area (TPSA) is 23.6 Å². The van der Waals surface area contributed by atoms with Gasteiger partial charge < -0.3 is 9.80 Å². The number of carbonyl (C=O) groups is 1. The van der Waals surface area contributed by atoms with E-state index in [2.05, 4.69) is 4.90 Å². The standard InChI is InChI=1S/C14H18F2N2O/c1-17(2)11-5-7-18(8-6-11)14(19)10-3-4-12(15)13(16)9-10/h3-4,9,11H,5-8H2,1-2H3. The monoisotopic (exact) mass is 268 g/mol. The molecular weight excluding hydrogens is 250 g/mol. The first-order valence-electron chi connectivity index (χ1n) is 6.40. The highest BCUT2D eigenvalue weighted by Crippen LogP contribution is 2.17. The molecule has 1 heterocycles. The van der Waals surface area contributed by atoms with E-state index in [1.54, 1.807) is 4.90 Å². The van der Waals surface area contributed by atoms with Crippen molar-refractivity contribution in [1.29, 1.82) is 0 Å². The predicted molar refractivity (Wildman–Crippen MR) is 69.0 cm³/mol. The number of benzene rings is 1. The van der Waals surface area contributed by atoms with Crippen molar-refractivity contribution in [3.8, 4) is 0 Å². The fraction of sp³-hybridized carbons (Fsp3) is 0.500. The van der Waals surface area contributed by atoms with Crippen LogP contribution in [-0.4, -0.2) is 48.9 Å². The Hall–Kier alpha value is -1.49. The van der Waals surface area contributed by atoms with Crippen molar-refractivity contribution >= 4 is 5.91 Å². The molecule has 104 valence electrons. The minimum absolute atomic E-state index is 0.210. The summed E-state index contributed by atoms with van der Waals surface area (Å²) in [4.78, 5) is 16.0. The molecular formula is C14H18F2N2O. The zero-order valence-electron chi connectivity index (χ0n) is 11.2. The lowest BCUT2D eigenvalue weighted by Crippen LogP contribution is -2.44. The van der Waals surface area contributed by atoms with Gasteiger partial charge in [-0.1, -0.05) is 0 Å². The fourth-order valence-corrected chi connectivity index (χ4v) is 2.40. The van der Waals surface area contributed by atoms with Crippen molar-refractivity contribution in [3.63, 3.8) is 0 Å². The number of likely N-dealkylation sites (tertiary alicyclic amines) is 1. The number of carbonyl (C=O) groups excluding carboxylic acids is 1. The first-order valence-corrected chi connectivity index (χ1v) is 6.40. The zero-order chi connectivity index (χ0) is 14.0. The van der Waals surface area contributed by atoms with Crippen LogP contribution >= 0.6 is 0 Å². The maximum Gasteiger partial charge on any atom is 0.253 e. The van der Waals surface area contributed by atoms with Gasteiger partial charge in [-0.15, -0.1) is 0 Å². The van der Waals surface area contributed by atoms with Crippen LogP contribution in [0.3, 0.4) is 0 Å². The first kappa shape index (κ1) is 13.9. The van der Waals surface area contributed by atoms with Crippen LogP contribution in [0.1, 0.15) is 23.2 Å². The summed E-state index contributed by atoms with van der Waals surface area (Å²) in [5, 5.41) is 0. The maximum absolute atomic E-state index is 13.1. The smallest absolute Gasteiger partial charge is 0.253 e. The van der Waals surface area contributed by atoms with Crippen LogP contribution in [0.2, 0.25) is 0 Å². The Labute approximate surface area is 111 Å². The van der Waals surface area contributed by atoms with Crippen molar-refractivity contribution in [2.75, 3.05) is 27.2 Å². The molecule has 0 saturated carbocycles. The molecule has 0 bridgehead atoms. The fourth-order valence-electron chi connectivity index (χ4n) is 2.40. The second-order valence-corrected chi connectivity index (χ2v) is 5.12. The molecule has 1 aliphatic heterocycles. The van der Waals surface area contributed by atoms with Crippen LogP contribution in [0, 0.1) is 11.6 Å². The van der Waals surface area contributed by atoms with Crippen LogP contribution < -0.4 is 0 Å². The van der Waals surface area contributed by atoms with Gasteiger partial charge >= 0.3 is 0 Å². The predicted octanol–water partition coefficient (Wildman–Crippen LogP) is 2.13. The van der Waals surface area contributed by atoms with Crippen LogP contribution in [0.5, 0.6) is 0 Å². The zero-order valence-corrected chi connectivity index (χ0v) is 11.2. The summed E-state index contributed by atoms with van der Waals surface area (Å²) in [5.41, 5.74) is 0.210. The van der Waals surface area contributed by atoms with Crippen LogP contribution in [0.25, 0.3) is 0 Å². The molecule has 0 spiro atoms. The van der Waals surface area contributed by atoms with Gasteiger partial charge in [-0.3, -0.25) is 4.79 Å². The minimum atomic E-state index is -0.978. The van der Waals surface area contributed by atoms with Crippen LogP contribution in [-0.2, 0) is 0 Å². The van der Waals surface area contributed by atoms with Gasteiger partial charge in [-0.05, 0) is 45.1 Å². The number of hydrogen-bond acceptors (Lipinski definition) is 2. The average Bonchev–Trinajstić information content (AvgIpc) is 2.41. The molecule has 1 amide bonds. The molecule has 0 aromatic heterocycles. The molecule has 1 saturated heterocycles. The molecule has 0 unspecified atom stereocenters. The van der Waals surface area contributed by atoms with Gasteiger partial charge in [-0.2, -0.15) is 0 Å². The van der Waals surface area contributed by atoms with E-state index in [0.29, 0.717) is 19.1 Å². The highest BCUT2D eigenvalue weighted by molar-refractivity contribution is 5.94. The van der Waals surface area contributed by atoms with E-state index in [1.807, 2.05) is 14.1 Å². The summed E-state index contributed by atoms with van der Waals surface area (Å²) in [5.74, 6) is -2.13. The molecule has 0 atom stereocenters. The van der Waals surface area contributed by atoms with Crippen molar-refractivity contribution in [2.45, 2.75) is 18.9 Å². The molecule has 1 fully saturated rings. The summed E-state index contributed by atoms with van der Waals surface area (Å²) >= 11 is 0. The molecule has 3 nitrogen and oxygen atoms in total. The summed E-state index contributed by atoms with van der Waals surface area (Å²) in [6.07, 6.45) is 1.81. The number of amides is 1. The second kappa shape index (κ2) is 5.65. The quantitative estimate of drug-likeness (QED) is 0.820. The third kappa shape index (κ3) is 3.10. The highest BCUT2D eigenvalue weighted by Gasteiger charge is 2.24. The van der Waals surface area contributed by atoms with Crippen molar-refractivity contribution in [2.24, 2.45) is 0 Å². The summed E-state index contributed by atoms with van der Waals surface area (Å²) < 4.78 is 26.0. The van der Waals surface area contributed by atoms with Gasteiger partial charge in [0.1, 0.15) is 0 Å². The van der Waals surface area contributed by atoms with E-state index < -0.39 is 11.6 Å². The van der Waals surface area contributed by atoms with E-state index in [-0.39, 0.29) is 11.5 Å². The molecule has 1 aromatic rings. The molecule has 0 aliphatic carbocycles. The lowest BCUT2D eigenvalue weighted by molar-refractivity contribution is 0.0662. The highest BCUT2D eigenvalue weighted by atomic mass is 19.2. The van der Waals surface area contributed by atoms with Crippen LogP contribution in [0.15, 0.2) is 18.2 Å². The number of halogens is 2. The average molecular weight is 268 g/mol. The second-order valence-electron chi connectivity index (χ2n) is 5.12. The molecule has 1 aliphatic rings. The number of piperidine rings is 1. The summed E-state index contributed by atoms with van der Waals surface area (Å²) in [7, 11) is 4.05. The van der Waals surface area contributed by atoms with Gasteiger partial charge in [0.25, 0.3) is 5.91 Å². The van der Waals surface area contributed by atoms with Gasteiger partial charge in [0.2, 0.25) is 0 Å². The lowest BCUT2D eigenvalue weighted by Gasteiger charge is -2.35. The summed E-state index contributed by atoms with van der Waals surface area (Å²) in [6, 6.07) is 3.78. The first-order chi connectivity index (χ1) is 8.99. The Morgan fingerprint density at radius 3 is 2.37 bits per heavy atom. The van der Waals surface area contributed by atoms with E-state index in [0.717, 1.165) is 25.0 Å². The van der Waals surface area contributed by atoms with Crippen LogP contribution in [0.4, 0.5) is 8.78 Å². The van der Waals surface area contributed by atoms with E-state index >= 15 is 0 Å². The molecule has 0 radical (unpaired) electrons. The maximum atomic E-state index is 13.1. The van der Waals surface area contributed by atoms with Gasteiger partial charge in [0.15, 0.2) is 11.6 Å². The molecule has 19 heavy (non-hydrogen) atoms. The Morgan fingerprint density at radius 1 is 1.21 bits per heavy atom. The van der Waals surface area contributed by atoms with Gasteiger partial charge in [0, 0.05) is 24.7 Å². The number of rotatable bonds is 2. The van der Waals surface area contributed by atoms with E-state index in [4.69, 9.17) is 0 Å². The Bertz CT molecular complexity index is 469. The summed E-state index contributed by atoms with van der Waals surface area (Å²) in [6.45, 7) is 1.31. The van der Waals surface area contributed by atoms with Gasteiger partial charge in [-0.25, -0.2) is 8.78 Å². The van der Waals surface area contributed by atoms with Crippen molar-refractivity contribution in [1.82, 2.24) is 9.80 Å². The van der Waals surface area contributed by atoms with Crippen molar-refractivity contribution in [3.05, 3.63) is 35.4 Å². The van der Waals surface area contributed by atoms with E-state index in [9.17, 15) is 13.6 Å². The molecule has 0 N–H and O–H groups in total. The molecule has 5 heteroatoms. The van der Waals surface area contributed by atoms with Crippen molar-refractivity contribution < 1.29 is 13.6 Å². The minimum Gasteiger partial charge on any atom is -0.339 e. The molecule has 2 rings (SSSR count). The Morgan fingerprint density at radius 2 is 1.84 bits per heavy atom. The SMILES string of the molecule is CN(C)C1CCN(C(=O)c2ccc(F)c(F)c2)CC1. The van der Waals surface area contributed by atoms with Gasteiger partial charge in [0.05, 0.1) is 0 Å². The Balaban J connectivity index is 2.03. The molecule has 1 aromatic carbocycles. The third-order valence-electron chi connectivity index (χ3n) is 3.65. The number of nitrogens with zero attached hydrogens (tertiary/aromatic N) is 2. The van der Waals surface area contributed by atoms with E-state index in [1.165, 1.54) is 6.07 Å². The third-order valence-corrected chi connectivity index (χ3v) is 3.65. The lowest BCUT2D eigenvalue weighted by atomic mass is 10.0. The normalized spacial score (nSPS) is 17.0. The Kier molecular flexibility index (Phi) is 4.14.